The lowest BCUT2D eigenvalue weighted by atomic mass is 10.1. The smallest absolute Gasteiger partial charge is 0.341 e. The summed E-state index contributed by atoms with van der Waals surface area (Å²) in [7, 11) is 1.28. The van der Waals surface area contributed by atoms with Crippen molar-refractivity contribution in [3.63, 3.8) is 0 Å². The topological polar surface area (TPSA) is 59.7 Å². The summed E-state index contributed by atoms with van der Waals surface area (Å²) in [6.07, 6.45) is 1.27. The molecule has 4 heteroatoms. The summed E-state index contributed by atoms with van der Waals surface area (Å²) >= 11 is 0. The fourth-order valence-corrected chi connectivity index (χ4v) is 1.33. The molecule has 0 aliphatic rings. The van der Waals surface area contributed by atoms with Gasteiger partial charge in [-0.25, -0.2) is 4.79 Å². The maximum Gasteiger partial charge on any atom is 0.341 e. The van der Waals surface area contributed by atoms with Crippen molar-refractivity contribution in [3.05, 3.63) is 30.0 Å². The van der Waals surface area contributed by atoms with Crippen LogP contribution >= 0.6 is 0 Å². The minimum absolute atomic E-state index is 0.0108. The number of phenolic OH excluding ortho intramolecular Hbond substituents is 1. The summed E-state index contributed by atoms with van der Waals surface area (Å²) in [5, 5.41) is 9.91. The Kier molecular flexibility index (Phi) is 1.89. The van der Waals surface area contributed by atoms with Gasteiger partial charge in [0.25, 0.3) is 0 Å². The Balaban J connectivity index is 2.73. The van der Waals surface area contributed by atoms with E-state index in [0.29, 0.717) is 11.0 Å². The van der Waals surface area contributed by atoms with Gasteiger partial charge in [-0.05, 0) is 12.1 Å². The van der Waals surface area contributed by atoms with Crippen LogP contribution in [0.3, 0.4) is 0 Å². The summed E-state index contributed by atoms with van der Waals surface area (Å²) in [5.41, 5.74) is 0.700. The molecule has 0 saturated carbocycles. The Labute approximate surface area is 79.7 Å². The first-order chi connectivity index (χ1) is 6.74. The third-order valence-electron chi connectivity index (χ3n) is 1.98. The SMILES string of the molecule is COC(=O)c1coc2cccc(O)c12. The van der Waals surface area contributed by atoms with Crippen LogP contribution in [0.4, 0.5) is 0 Å². The van der Waals surface area contributed by atoms with E-state index in [1.54, 1.807) is 12.1 Å². The van der Waals surface area contributed by atoms with Crippen LogP contribution in [0.5, 0.6) is 5.75 Å². The normalized spacial score (nSPS) is 10.4. The summed E-state index contributed by atoms with van der Waals surface area (Å²) in [4.78, 5) is 11.2. The van der Waals surface area contributed by atoms with Crippen LogP contribution < -0.4 is 0 Å². The molecule has 0 bridgehead atoms. The molecule has 0 aliphatic carbocycles. The molecule has 1 N–H and O–H groups in total. The van der Waals surface area contributed by atoms with Gasteiger partial charge in [-0.3, -0.25) is 0 Å². The van der Waals surface area contributed by atoms with Crippen molar-refractivity contribution >= 4 is 16.9 Å². The minimum Gasteiger partial charge on any atom is -0.507 e. The molecule has 0 radical (unpaired) electrons. The lowest BCUT2D eigenvalue weighted by molar-refractivity contribution is 0.0601. The average Bonchev–Trinajstić information content (AvgIpc) is 2.62. The van der Waals surface area contributed by atoms with Crippen LogP contribution in [0.15, 0.2) is 28.9 Å². The number of hydrogen-bond donors (Lipinski definition) is 1. The summed E-state index contributed by atoms with van der Waals surface area (Å²) in [6.45, 7) is 0. The van der Waals surface area contributed by atoms with Gasteiger partial charge in [0, 0.05) is 0 Å². The molecule has 0 spiro atoms. The van der Waals surface area contributed by atoms with Crippen LogP contribution in [0.1, 0.15) is 10.4 Å². The van der Waals surface area contributed by atoms with Crippen LogP contribution in [0.2, 0.25) is 0 Å². The molecule has 14 heavy (non-hydrogen) atoms. The van der Waals surface area contributed by atoms with Crippen molar-refractivity contribution in [3.8, 4) is 5.75 Å². The van der Waals surface area contributed by atoms with Gasteiger partial charge < -0.3 is 14.3 Å². The molecule has 0 aliphatic heterocycles. The number of aromatic hydroxyl groups is 1. The predicted octanol–water partition coefficient (Wildman–Crippen LogP) is 1.93. The zero-order valence-electron chi connectivity index (χ0n) is 7.48. The number of benzene rings is 1. The van der Waals surface area contributed by atoms with Crippen molar-refractivity contribution < 1.29 is 19.1 Å². The molecule has 0 fully saturated rings. The average molecular weight is 192 g/mol. The number of carbonyl (C=O) groups is 1. The minimum atomic E-state index is -0.523. The molecule has 4 nitrogen and oxygen atoms in total. The predicted molar refractivity (Wildman–Crippen MR) is 49.2 cm³/mol. The number of rotatable bonds is 1. The van der Waals surface area contributed by atoms with E-state index in [9.17, 15) is 9.90 Å². The standard InChI is InChI=1S/C10H8O4/c1-13-10(12)6-5-14-8-4-2-3-7(11)9(6)8/h2-5,11H,1H3. The van der Waals surface area contributed by atoms with Gasteiger partial charge in [0.15, 0.2) is 0 Å². The molecule has 0 amide bonds. The number of phenols is 1. The maximum absolute atomic E-state index is 11.2. The van der Waals surface area contributed by atoms with Gasteiger partial charge in [-0.1, -0.05) is 6.07 Å². The highest BCUT2D eigenvalue weighted by Crippen LogP contribution is 2.29. The van der Waals surface area contributed by atoms with Gasteiger partial charge >= 0.3 is 5.97 Å². The van der Waals surface area contributed by atoms with E-state index in [-0.39, 0.29) is 11.3 Å². The molecule has 1 aromatic carbocycles. The Morgan fingerprint density at radius 1 is 1.50 bits per heavy atom. The summed E-state index contributed by atoms with van der Waals surface area (Å²) in [5.74, 6) is -0.512. The van der Waals surface area contributed by atoms with Gasteiger partial charge in [0.1, 0.15) is 23.2 Å². The lowest BCUT2D eigenvalue weighted by Gasteiger charge is -1.96. The highest BCUT2D eigenvalue weighted by atomic mass is 16.5. The quantitative estimate of drug-likeness (QED) is 0.701. The third-order valence-corrected chi connectivity index (χ3v) is 1.98. The van der Waals surface area contributed by atoms with Gasteiger partial charge in [-0.15, -0.1) is 0 Å². The molecule has 0 saturated heterocycles. The zero-order valence-corrected chi connectivity index (χ0v) is 7.48. The second-order valence-corrected chi connectivity index (χ2v) is 2.79. The van der Waals surface area contributed by atoms with Crippen molar-refractivity contribution in [2.45, 2.75) is 0 Å². The van der Waals surface area contributed by atoms with Gasteiger partial charge in [0.2, 0.25) is 0 Å². The third kappa shape index (κ3) is 1.12. The Morgan fingerprint density at radius 3 is 3.00 bits per heavy atom. The van der Waals surface area contributed by atoms with E-state index in [0.717, 1.165) is 0 Å². The zero-order chi connectivity index (χ0) is 10.1. The Bertz CT molecular complexity index is 484. The fraction of sp³-hybridized carbons (Fsp3) is 0.100. The number of ether oxygens (including phenoxy) is 1. The van der Waals surface area contributed by atoms with E-state index in [1.807, 2.05) is 0 Å². The molecule has 72 valence electrons. The number of furan rings is 1. The van der Waals surface area contributed by atoms with E-state index >= 15 is 0 Å². The van der Waals surface area contributed by atoms with E-state index < -0.39 is 5.97 Å². The summed E-state index contributed by atoms with van der Waals surface area (Å²) in [6, 6.07) is 4.80. The fourth-order valence-electron chi connectivity index (χ4n) is 1.33. The molecule has 1 aromatic heterocycles. The molecule has 0 atom stereocenters. The highest BCUT2D eigenvalue weighted by Gasteiger charge is 2.16. The van der Waals surface area contributed by atoms with Crippen LogP contribution in [0.25, 0.3) is 11.0 Å². The van der Waals surface area contributed by atoms with Crippen molar-refractivity contribution in [2.75, 3.05) is 7.11 Å². The van der Waals surface area contributed by atoms with Gasteiger partial charge in [-0.2, -0.15) is 0 Å². The number of carbonyl (C=O) groups excluding carboxylic acids is 1. The van der Waals surface area contributed by atoms with Crippen LogP contribution in [0, 0.1) is 0 Å². The molecule has 0 unspecified atom stereocenters. The molecule has 2 rings (SSSR count). The Morgan fingerprint density at radius 2 is 2.29 bits per heavy atom. The molecular weight excluding hydrogens is 184 g/mol. The van der Waals surface area contributed by atoms with Crippen LogP contribution in [-0.2, 0) is 4.74 Å². The maximum atomic E-state index is 11.2. The second kappa shape index (κ2) is 3.06. The van der Waals surface area contributed by atoms with Crippen LogP contribution in [-0.4, -0.2) is 18.2 Å². The van der Waals surface area contributed by atoms with E-state index in [4.69, 9.17) is 4.42 Å². The number of fused-ring (bicyclic) bond motifs is 1. The first-order valence-corrected chi connectivity index (χ1v) is 4.01. The van der Waals surface area contributed by atoms with E-state index in [2.05, 4.69) is 4.74 Å². The van der Waals surface area contributed by atoms with Crippen molar-refractivity contribution in [2.24, 2.45) is 0 Å². The first-order valence-electron chi connectivity index (χ1n) is 4.01. The number of methoxy groups -OCH3 is 1. The highest BCUT2D eigenvalue weighted by molar-refractivity contribution is 6.05. The van der Waals surface area contributed by atoms with Gasteiger partial charge in [0.05, 0.1) is 12.5 Å². The Hall–Kier alpha value is -1.97. The van der Waals surface area contributed by atoms with E-state index in [1.165, 1.54) is 19.4 Å². The lowest BCUT2D eigenvalue weighted by Crippen LogP contribution is -1.99. The number of esters is 1. The largest absolute Gasteiger partial charge is 0.507 e. The molecule has 2 aromatic rings. The molecule has 1 heterocycles. The van der Waals surface area contributed by atoms with Crippen molar-refractivity contribution in [1.29, 1.82) is 0 Å². The first kappa shape index (κ1) is 8.62. The summed E-state index contributed by atoms with van der Waals surface area (Å²) < 4.78 is 9.64. The van der Waals surface area contributed by atoms with Crippen molar-refractivity contribution in [1.82, 2.24) is 0 Å². The monoisotopic (exact) mass is 192 g/mol. The molecular formula is C10H8O4. The number of hydrogen-bond acceptors (Lipinski definition) is 4. The second-order valence-electron chi connectivity index (χ2n) is 2.79.